The number of carbonyl (C=O) groups is 1. The third kappa shape index (κ3) is 5.18. The van der Waals surface area contributed by atoms with E-state index in [1.165, 1.54) is 16.9 Å². The standard InChI is InChI=1S/C21H20O4S/c1-15-3-7-17(8-4-15)13-23-14-24-19-11-12-20(26-19)25-21(22)18-9-5-16(2)6-10-18/h3-12H,13-14H2,1-2H3. The Morgan fingerprint density at radius 3 is 2.15 bits per heavy atom. The molecule has 0 aliphatic rings. The normalized spacial score (nSPS) is 10.5. The van der Waals surface area contributed by atoms with Gasteiger partial charge in [0.15, 0.2) is 16.9 Å². The predicted molar refractivity (Wildman–Crippen MR) is 102 cm³/mol. The third-order valence-corrected chi connectivity index (χ3v) is 4.59. The summed E-state index contributed by atoms with van der Waals surface area (Å²) in [6.45, 7) is 4.65. The van der Waals surface area contributed by atoms with Gasteiger partial charge in [-0.25, -0.2) is 4.79 Å². The molecule has 0 unspecified atom stereocenters. The first kappa shape index (κ1) is 18.2. The number of carbonyl (C=O) groups excluding carboxylic acids is 1. The zero-order valence-electron chi connectivity index (χ0n) is 14.7. The number of thiophene rings is 1. The van der Waals surface area contributed by atoms with Crippen LogP contribution in [0.25, 0.3) is 0 Å². The molecule has 3 aromatic rings. The second-order valence-corrected chi connectivity index (χ2v) is 6.93. The van der Waals surface area contributed by atoms with Gasteiger partial charge in [0.2, 0.25) is 0 Å². The van der Waals surface area contributed by atoms with Crippen LogP contribution in [-0.4, -0.2) is 12.8 Å². The van der Waals surface area contributed by atoms with Gasteiger partial charge in [-0.05, 0) is 43.7 Å². The molecule has 0 atom stereocenters. The third-order valence-electron chi connectivity index (χ3n) is 3.71. The van der Waals surface area contributed by atoms with Crippen LogP contribution in [0.15, 0.2) is 60.7 Å². The Kier molecular flexibility index (Phi) is 6.04. The zero-order valence-corrected chi connectivity index (χ0v) is 15.5. The van der Waals surface area contributed by atoms with Crippen molar-refractivity contribution < 1.29 is 19.0 Å². The van der Waals surface area contributed by atoms with Gasteiger partial charge in [-0.1, -0.05) is 58.9 Å². The summed E-state index contributed by atoms with van der Waals surface area (Å²) in [5, 5.41) is 1.13. The minimum absolute atomic E-state index is 0.139. The molecule has 0 amide bonds. The van der Waals surface area contributed by atoms with Gasteiger partial charge in [0, 0.05) is 0 Å². The molecule has 0 fully saturated rings. The molecule has 134 valence electrons. The lowest BCUT2D eigenvalue weighted by molar-refractivity contribution is 0.00716. The molecule has 3 rings (SSSR count). The fourth-order valence-electron chi connectivity index (χ4n) is 2.22. The fraction of sp³-hybridized carbons (Fsp3) is 0.190. The average Bonchev–Trinajstić information content (AvgIpc) is 3.08. The largest absolute Gasteiger partial charge is 0.458 e. The lowest BCUT2D eigenvalue weighted by atomic mass is 10.1. The van der Waals surface area contributed by atoms with Crippen molar-refractivity contribution >= 4 is 17.3 Å². The quantitative estimate of drug-likeness (QED) is 0.329. The molecule has 0 bridgehead atoms. The van der Waals surface area contributed by atoms with E-state index >= 15 is 0 Å². The summed E-state index contributed by atoms with van der Waals surface area (Å²) in [4.78, 5) is 12.1. The van der Waals surface area contributed by atoms with Crippen molar-refractivity contribution in [2.75, 3.05) is 6.79 Å². The number of aryl methyl sites for hydroxylation is 2. The maximum Gasteiger partial charge on any atom is 0.344 e. The molecule has 1 heterocycles. The first-order valence-corrected chi connectivity index (χ1v) is 9.06. The average molecular weight is 368 g/mol. The lowest BCUT2D eigenvalue weighted by Gasteiger charge is -2.05. The topological polar surface area (TPSA) is 44.8 Å². The molecule has 0 spiro atoms. The highest BCUT2D eigenvalue weighted by Gasteiger charge is 2.10. The van der Waals surface area contributed by atoms with E-state index in [0.29, 0.717) is 22.3 Å². The zero-order chi connectivity index (χ0) is 18.4. The van der Waals surface area contributed by atoms with Crippen molar-refractivity contribution in [2.45, 2.75) is 20.5 Å². The van der Waals surface area contributed by atoms with E-state index in [2.05, 4.69) is 0 Å². The summed E-state index contributed by atoms with van der Waals surface area (Å²) in [6, 6.07) is 18.9. The number of hydrogen-bond acceptors (Lipinski definition) is 5. The van der Waals surface area contributed by atoms with E-state index in [9.17, 15) is 4.79 Å². The maximum atomic E-state index is 12.1. The van der Waals surface area contributed by atoms with Crippen molar-refractivity contribution in [3.05, 3.63) is 82.9 Å². The molecular weight excluding hydrogens is 348 g/mol. The number of rotatable bonds is 7. The van der Waals surface area contributed by atoms with Gasteiger partial charge in [0.1, 0.15) is 0 Å². The summed E-state index contributed by atoms with van der Waals surface area (Å²) in [5.41, 5.74) is 3.93. The van der Waals surface area contributed by atoms with E-state index in [1.54, 1.807) is 24.3 Å². The van der Waals surface area contributed by atoms with Crippen molar-refractivity contribution in [3.63, 3.8) is 0 Å². The molecule has 0 aliphatic heterocycles. The van der Waals surface area contributed by atoms with Crippen LogP contribution in [0.4, 0.5) is 0 Å². The molecule has 2 aromatic carbocycles. The molecule has 5 heteroatoms. The van der Waals surface area contributed by atoms with Crippen LogP contribution in [0.3, 0.4) is 0 Å². The predicted octanol–water partition coefficient (Wildman–Crippen LogP) is 5.14. The highest BCUT2D eigenvalue weighted by atomic mass is 32.1. The van der Waals surface area contributed by atoms with Crippen molar-refractivity contribution in [3.8, 4) is 10.1 Å². The van der Waals surface area contributed by atoms with Crippen molar-refractivity contribution in [1.29, 1.82) is 0 Å². The van der Waals surface area contributed by atoms with Crippen molar-refractivity contribution in [2.24, 2.45) is 0 Å². The summed E-state index contributed by atoms with van der Waals surface area (Å²) in [5.74, 6) is -0.381. The first-order valence-electron chi connectivity index (χ1n) is 8.25. The summed E-state index contributed by atoms with van der Waals surface area (Å²) in [7, 11) is 0. The van der Waals surface area contributed by atoms with Crippen LogP contribution >= 0.6 is 11.3 Å². The summed E-state index contributed by atoms with van der Waals surface area (Å²) >= 11 is 1.26. The molecule has 26 heavy (non-hydrogen) atoms. The lowest BCUT2D eigenvalue weighted by Crippen LogP contribution is -2.07. The van der Waals surface area contributed by atoms with E-state index in [4.69, 9.17) is 14.2 Å². The van der Waals surface area contributed by atoms with Crippen molar-refractivity contribution in [1.82, 2.24) is 0 Å². The highest BCUT2D eigenvalue weighted by Crippen LogP contribution is 2.31. The Hall–Kier alpha value is -2.63. The summed E-state index contributed by atoms with van der Waals surface area (Å²) in [6.07, 6.45) is 0. The van der Waals surface area contributed by atoms with Crippen LogP contribution in [-0.2, 0) is 11.3 Å². The Bertz CT molecular complexity index is 850. The van der Waals surface area contributed by atoms with Crippen LogP contribution in [0.2, 0.25) is 0 Å². The molecule has 0 N–H and O–H groups in total. The molecule has 0 aliphatic carbocycles. The second-order valence-electron chi connectivity index (χ2n) is 5.93. The number of ether oxygens (including phenoxy) is 3. The van der Waals surface area contributed by atoms with Crippen LogP contribution in [0.1, 0.15) is 27.0 Å². The van der Waals surface area contributed by atoms with Gasteiger partial charge < -0.3 is 14.2 Å². The minimum atomic E-state index is -0.381. The van der Waals surface area contributed by atoms with Gasteiger partial charge in [-0.15, -0.1) is 0 Å². The Labute approximate surface area is 157 Å². The van der Waals surface area contributed by atoms with Gasteiger partial charge in [0.05, 0.1) is 12.2 Å². The molecule has 1 aromatic heterocycles. The molecular formula is C21H20O4S. The fourth-order valence-corrected chi connectivity index (χ4v) is 2.91. The monoisotopic (exact) mass is 368 g/mol. The van der Waals surface area contributed by atoms with E-state index in [1.807, 2.05) is 50.2 Å². The van der Waals surface area contributed by atoms with E-state index in [0.717, 1.165) is 11.1 Å². The molecule has 0 saturated heterocycles. The maximum absolute atomic E-state index is 12.1. The Morgan fingerprint density at radius 2 is 1.46 bits per heavy atom. The van der Waals surface area contributed by atoms with Gasteiger partial charge in [-0.3, -0.25) is 0 Å². The van der Waals surface area contributed by atoms with Gasteiger partial charge in [0.25, 0.3) is 0 Å². The van der Waals surface area contributed by atoms with E-state index < -0.39 is 0 Å². The molecule has 0 saturated carbocycles. The highest BCUT2D eigenvalue weighted by molar-refractivity contribution is 7.15. The Balaban J connectivity index is 1.44. The number of hydrogen-bond donors (Lipinski definition) is 0. The SMILES string of the molecule is Cc1ccc(COCOc2ccc(OC(=O)c3ccc(C)cc3)s2)cc1. The van der Waals surface area contributed by atoms with Gasteiger partial charge in [-0.2, -0.15) is 0 Å². The van der Waals surface area contributed by atoms with Crippen LogP contribution < -0.4 is 9.47 Å². The van der Waals surface area contributed by atoms with E-state index in [-0.39, 0.29) is 12.8 Å². The Morgan fingerprint density at radius 1 is 0.846 bits per heavy atom. The van der Waals surface area contributed by atoms with Crippen LogP contribution in [0, 0.1) is 13.8 Å². The summed E-state index contributed by atoms with van der Waals surface area (Å²) < 4.78 is 16.4. The number of esters is 1. The van der Waals surface area contributed by atoms with Gasteiger partial charge >= 0.3 is 5.97 Å². The molecule has 0 radical (unpaired) electrons. The second kappa shape index (κ2) is 8.65. The van der Waals surface area contributed by atoms with Crippen LogP contribution in [0.5, 0.6) is 10.1 Å². The molecule has 4 nitrogen and oxygen atoms in total. The first-order chi connectivity index (χ1) is 12.6. The number of benzene rings is 2. The smallest absolute Gasteiger partial charge is 0.344 e. The minimum Gasteiger partial charge on any atom is -0.458 e.